The van der Waals surface area contributed by atoms with Crippen molar-refractivity contribution in [2.75, 3.05) is 19.6 Å². The largest absolute Gasteiger partial charge is 0.480 e. The smallest absolute Gasteiger partial charge is 0.322 e. The molecule has 0 fully saturated rings. The Morgan fingerprint density at radius 1 is 1.06 bits per heavy atom. The molecule has 0 aliphatic rings. The number of carbonyl (C=O) groups is 3. The van der Waals surface area contributed by atoms with E-state index < -0.39 is 24.5 Å². The molecular weight excluding hydrogens is 238 g/mol. The minimum absolute atomic E-state index is 0.00288. The van der Waals surface area contributed by atoms with Gasteiger partial charge in [-0.1, -0.05) is 20.8 Å². The van der Waals surface area contributed by atoms with Crippen molar-refractivity contribution in [1.82, 2.24) is 16.0 Å². The lowest BCUT2D eigenvalue weighted by molar-refractivity contribution is -0.137. The maximum absolute atomic E-state index is 11.3. The number of carboxylic acid groups (broad SMARTS) is 1. The number of urea groups is 1. The molecule has 18 heavy (non-hydrogen) atoms. The summed E-state index contributed by atoms with van der Waals surface area (Å²) in [5, 5.41) is 15.5. The molecule has 0 aromatic rings. The van der Waals surface area contributed by atoms with Crippen LogP contribution in [0.15, 0.2) is 0 Å². The highest BCUT2D eigenvalue weighted by molar-refractivity contribution is 5.86. The third-order valence-corrected chi connectivity index (χ3v) is 2.53. The molecular formula is C11H21N3O4. The van der Waals surface area contributed by atoms with Gasteiger partial charge in [-0.25, -0.2) is 4.79 Å². The number of carbonyl (C=O) groups excluding carboxylic acids is 2. The summed E-state index contributed by atoms with van der Waals surface area (Å²) in [6.45, 7) is 5.88. The summed E-state index contributed by atoms with van der Waals surface area (Å²) in [5.74, 6) is -1.67. The van der Waals surface area contributed by atoms with Crippen molar-refractivity contribution < 1.29 is 19.5 Å². The van der Waals surface area contributed by atoms with Crippen LogP contribution in [0.3, 0.4) is 0 Å². The van der Waals surface area contributed by atoms with Gasteiger partial charge in [0.05, 0.1) is 6.54 Å². The first-order valence-electron chi connectivity index (χ1n) is 5.77. The molecule has 0 spiro atoms. The van der Waals surface area contributed by atoms with Crippen LogP contribution in [0.25, 0.3) is 0 Å². The summed E-state index contributed by atoms with van der Waals surface area (Å²) < 4.78 is 0. The van der Waals surface area contributed by atoms with Crippen molar-refractivity contribution >= 4 is 17.9 Å². The van der Waals surface area contributed by atoms with Gasteiger partial charge in [0.25, 0.3) is 0 Å². The SMILES string of the molecule is CCC(C)(C)CNC(=O)NCC(=O)NCC(=O)O. The van der Waals surface area contributed by atoms with Crippen LogP contribution >= 0.6 is 0 Å². The van der Waals surface area contributed by atoms with Crippen molar-refractivity contribution in [1.29, 1.82) is 0 Å². The lowest BCUT2D eigenvalue weighted by Crippen LogP contribution is -2.45. The molecule has 0 radical (unpaired) electrons. The molecule has 7 nitrogen and oxygen atoms in total. The van der Waals surface area contributed by atoms with E-state index in [4.69, 9.17) is 5.11 Å². The maximum Gasteiger partial charge on any atom is 0.322 e. The molecule has 0 atom stereocenters. The standard InChI is InChI=1S/C11H21N3O4/c1-4-11(2,3)7-14-10(18)13-5-8(15)12-6-9(16)17/h4-7H2,1-3H3,(H,12,15)(H,16,17)(H2,13,14,18). The van der Waals surface area contributed by atoms with E-state index in [1.807, 2.05) is 20.8 Å². The van der Waals surface area contributed by atoms with Gasteiger partial charge in [0.15, 0.2) is 0 Å². The van der Waals surface area contributed by atoms with E-state index in [1.165, 1.54) is 0 Å². The highest BCUT2D eigenvalue weighted by atomic mass is 16.4. The Labute approximate surface area is 106 Å². The van der Waals surface area contributed by atoms with Crippen LogP contribution in [0.5, 0.6) is 0 Å². The van der Waals surface area contributed by atoms with E-state index in [-0.39, 0.29) is 12.0 Å². The van der Waals surface area contributed by atoms with Gasteiger partial charge in [-0.2, -0.15) is 0 Å². The van der Waals surface area contributed by atoms with Crippen molar-refractivity contribution in [3.8, 4) is 0 Å². The summed E-state index contributed by atoms with van der Waals surface area (Å²) in [4.78, 5) is 32.6. The van der Waals surface area contributed by atoms with Crippen LogP contribution < -0.4 is 16.0 Å². The van der Waals surface area contributed by atoms with E-state index in [2.05, 4.69) is 16.0 Å². The van der Waals surface area contributed by atoms with Crippen molar-refractivity contribution in [2.45, 2.75) is 27.2 Å². The van der Waals surface area contributed by atoms with E-state index >= 15 is 0 Å². The van der Waals surface area contributed by atoms with Gasteiger partial charge in [-0.15, -0.1) is 0 Å². The lowest BCUT2D eigenvalue weighted by Gasteiger charge is -2.22. The number of nitrogens with one attached hydrogen (secondary N) is 3. The molecule has 0 saturated carbocycles. The number of carboxylic acids is 1. The zero-order valence-corrected chi connectivity index (χ0v) is 11.0. The van der Waals surface area contributed by atoms with E-state index in [0.29, 0.717) is 6.54 Å². The fourth-order valence-electron chi connectivity index (χ4n) is 0.904. The van der Waals surface area contributed by atoms with Crippen molar-refractivity contribution in [2.24, 2.45) is 5.41 Å². The second kappa shape index (κ2) is 7.52. The molecule has 7 heteroatoms. The molecule has 104 valence electrons. The molecule has 0 bridgehead atoms. The number of amides is 3. The summed E-state index contributed by atoms with van der Waals surface area (Å²) >= 11 is 0. The van der Waals surface area contributed by atoms with Gasteiger partial charge in [-0.3, -0.25) is 9.59 Å². The Morgan fingerprint density at radius 3 is 2.17 bits per heavy atom. The first kappa shape index (κ1) is 16.2. The quantitative estimate of drug-likeness (QED) is 0.513. The molecule has 0 unspecified atom stereocenters. The Morgan fingerprint density at radius 2 is 1.67 bits per heavy atom. The van der Waals surface area contributed by atoms with E-state index in [0.717, 1.165) is 6.42 Å². The summed E-state index contributed by atoms with van der Waals surface area (Å²) in [6, 6.07) is -0.443. The number of aliphatic carboxylic acids is 1. The van der Waals surface area contributed by atoms with E-state index in [1.54, 1.807) is 0 Å². The highest BCUT2D eigenvalue weighted by Gasteiger charge is 2.16. The molecule has 0 aliphatic heterocycles. The van der Waals surface area contributed by atoms with Gasteiger partial charge in [-0.05, 0) is 11.8 Å². The van der Waals surface area contributed by atoms with Gasteiger partial charge >= 0.3 is 12.0 Å². The van der Waals surface area contributed by atoms with Gasteiger partial charge in [0.1, 0.15) is 6.54 Å². The lowest BCUT2D eigenvalue weighted by atomic mass is 9.90. The third kappa shape index (κ3) is 8.37. The average molecular weight is 259 g/mol. The average Bonchev–Trinajstić information content (AvgIpc) is 2.31. The molecule has 0 rings (SSSR count). The predicted molar refractivity (Wildman–Crippen MR) is 66.1 cm³/mol. The van der Waals surface area contributed by atoms with Crippen LogP contribution in [-0.4, -0.2) is 42.6 Å². The summed E-state index contributed by atoms with van der Waals surface area (Å²) in [6.07, 6.45) is 0.923. The Bertz CT molecular complexity index is 315. The Balaban J connectivity index is 3.77. The fourth-order valence-corrected chi connectivity index (χ4v) is 0.904. The van der Waals surface area contributed by atoms with Crippen LogP contribution in [0, 0.1) is 5.41 Å². The van der Waals surface area contributed by atoms with Crippen molar-refractivity contribution in [3.05, 3.63) is 0 Å². The van der Waals surface area contributed by atoms with Gasteiger partial charge in [0.2, 0.25) is 5.91 Å². The minimum atomic E-state index is -1.13. The van der Waals surface area contributed by atoms with Crippen LogP contribution in [-0.2, 0) is 9.59 Å². The molecule has 0 heterocycles. The van der Waals surface area contributed by atoms with E-state index in [9.17, 15) is 14.4 Å². The molecule has 0 aromatic carbocycles. The predicted octanol–water partition coefficient (Wildman–Crippen LogP) is -0.0774. The highest BCUT2D eigenvalue weighted by Crippen LogP contribution is 2.17. The zero-order valence-electron chi connectivity index (χ0n) is 11.0. The van der Waals surface area contributed by atoms with Crippen LogP contribution in [0.2, 0.25) is 0 Å². The molecule has 0 aliphatic carbocycles. The molecule has 0 aromatic heterocycles. The van der Waals surface area contributed by atoms with Gasteiger partial charge < -0.3 is 21.1 Å². The molecule has 4 N–H and O–H groups in total. The monoisotopic (exact) mass is 259 g/mol. The van der Waals surface area contributed by atoms with Crippen LogP contribution in [0.4, 0.5) is 4.79 Å². The zero-order chi connectivity index (χ0) is 14.2. The second-order valence-corrected chi connectivity index (χ2v) is 4.72. The maximum atomic E-state index is 11.3. The van der Waals surface area contributed by atoms with Crippen LogP contribution in [0.1, 0.15) is 27.2 Å². The minimum Gasteiger partial charge on any atom is -0.480 e. The second-order valence-electron chi connectivity index (χ2n) is 4.72. The first-order chi connectivity index (χ1) is 8.26. The normalized spacial score (nSPS) is 10.6. The third-order valence-electron chi connectivity index (χ3n) is 2.53. The fraction of sp³-hybridized carbons (Fsp3) is 0.727. The number of hydrogen-bond acceptors (Lipinski definition) is 3. The molecule has 0 saturated heterocycles. The number of hydrogen-bond donors (Lipinski definition) is 4. The summed E-state index contributed by atoms with van der Waals surface area (Å²) in [7, 11) is 0. The first-order valence-corrected chi connectivity index (χ1v) is 5.77. The Hall–Kier alpha value is -1.79. The Kier molecular flexibility index (Phi) is 6.77. The summed E-state index contributed by atoms with van der Waals surface area (Å²) in [5.41, 5.74) is 0.00288. The number of rotatable bonds is 7. The topological polar surface area (TPSA) is 108 Å². The van der Waals surface area contributed by atoms with Gasteiger partial charge in [0, 0.05) is 6.54 Å². The van der Waals surface area contributed by atoms with Crippen molar-refractivity contribution in [3.63, 3.8) is 0 Å². The molecule has 3 amide bonds.